The second-order valence-electron chi connectivity index (χ2n) is 6.45. The van der Waals surface area contributed by atoms with Crippen molar-refractivity contribution in [2.45, 2.75) is 11.8 Å². The van der Waals surface area contributed by atoms with Crippen LogP contribution >= 0.6 is 0 Å². The molecule has 30 heavy (non-hydrogen) atoms. The summed E-state index contributed by atoms with van der Waals surface area (Å²) in [5.74, 6) is -2.81. The van der Waals surface area contributed by atoms with E-state index >= 15 is 0 Å². The van der Waals surface area contributed by atoms with E-state index in [-0.39, 0.29) is 16.1 Å². The molecule has 3 N–H and O–H groups in total. The summed E-state index contributed by atoms with van der Waals surface area (Å²) in [7, 11) is -3.85. The first-order valence-electron chi connectivity index (χ1n) is 8.69. The molecule has 0 saturated heterocycles. The van der Waals surface area contributed by atoms with Crippen molar-refractivity contribution in [2.24, 2.45) is 0 Å². The van der Waals surface area contributed by atoms with Crippen molar-refractivity contribution in [1.82, 2.24) is 0 Å². The van der Waals surface area contributed by atoms with Gasteiger partial charge in [-0.2, -0.15) is 0 Å². The second-order valence-corrected chi connectivity index (χ2v) is 8.13. The van der Waals surface area contributed by atoms with Gasteiger partial charge in [-0.15, -0.1) is 0 Å². The molecule has 0 aliphatic rings. The van der Waals surface area contributed by atoms with Crippen LogP contribution in [0.4, 0.5) is 15.8 Å². The lowest BCUT2D eigenvalue weighted by molar-refractivity contribution is 0.0697. The van der Waals surface area contributed by atoms with E-state index in [1.54, 1.807) is 24.3 Å². The van der Waals surface area contributed by atoms with E-state index in [1.165, 1.54) is 24.3 Å². The lowest BCUT2D eigenvalue weighted by atomic mass is 10.1. The van der Waals surface area contributed by atoms with Crippen LogP contribution in [-0.4, -0.2) is 25.4 Å². The minimum atomic E-state index is -3.85. The lowest BCUT2D eigenvalue weighted by Crippen LogP contribution is -2.16. The van der Waals surface area contributed by atoms with Gasteiger partial charge in [-0.3, -0.25) is 9.52 Å². The molecule has 0 aliphatic heterocycles. The highest BCUT2D eigenvalue weighted by Gasteiger charge is 2.17. The number of hydrogen-bond acceptors (Lipinski definition) is 4. The molecule has 0 spiro atoms. The number of anilines is 2. The van der Waals surface area contributed by atoms with Crippen LogP contribution in [0.1, 0.15) is 26.3 Å². The van der Waals surface area contributed by atoms with Gasteiger partial charge in [0.05, 0.1) is 16.1 Å². The van der Waals surface area contributed by atoms with Crippen LogP contribution in [0, 0.1) is 12.7 Å². The number of amides is 1. The minimum Gasteiger partial charge on any atom is -0.478 e. The summed E-state index contributed by atoms with van der Waals surface area (Å²) in [5, 5.41) is 11.5. The van der Waals surface area contributed by atoms with Crippen molar-refractivity contribution in [3.8, 4) is 0 Å². The van der Waals surface area contributed by atoms with Crippen molar-refractivity contribution < 1.29 is 27.5 Å². The van der Waals surface area contributed by atoms with Gasteiger partial charge < -0.3 is 10.4 Å². The fraction of sp³-hybridized carbons (Fsp3) is 0.0476. The number of carboxylic acid groups (broad SMARTS) is 1. The van der Waals surface area contributed by atoms with Crippen LogP contribution in [0.2, 0.25) is 0 Å². The topological polar surface area (TPSA) is 113 Å². The molecule has 0 heterocycles. The third-order valence-corrected chi connectivity index (χ3v) is 5.59. The molecular weight excluding hydrogens is 411 g/mol. The van der Waals surface area contributed by atoms with Crippen LogP contribution in [0.3, 0.4) is 0 Å². The Morgan fingerprint density at radius 2 is 1.57 bits per heavy atom. The van der Waals surface area contributed by atoms with Gasteiger partial charge in [-0.25, -0.2) is 17.6 Å². The first-order valence-corrected chi connectivity index (χ1v) is 10.2. The highest BCUT2D eigenvalue weighted by molar-refractivity contribution is 7.92. The van der Waals surface area contributed by atoms with Crippen molar-refractivity contribution in [3.63, 3.8) is 0 Å². The highest BCUT2D eigenvalue weighted by Crippen LogP contribution is 2.20. The third-order valence-electron chi connectivity index (χ3n) is 4.19. The number of sulfonamides is 1. The van der Waals surface area contributed by atoms with Gasteiger partial charge >= 0.3 is 5.97 Å². The van der Waals surface area contributed by atoms with Crippen molar-refractivity contribution in [3.05, 3.63) is 89.2 Å². The van der Waals surface area contributed by atoms with Crippen molar-refractivity contribution in [2.75, 3.05) is 10.0 Å². The third kappa shape index (κ3) is 4.81. The number of aromatic carboxylic acids is 1. The Labute approximate surface area is 172 Å². The summed E-state index contributed by atoms with van der Waals surface area (Å²) in [6, 6.07) is 14.9. The van der Waals surface area contributed by atoms with E-state index in [9.17, 15) is 22.4 Å². The maximum Gasteiger partial charge on any atom is 0.337 e. The minimum absolute atomic E-state index is 0.0485. The number of aryl methyl sites for hydroxylation is 1. The number of hydrogen-bond donors (Lipinski definition) is 3. The molecule has 3 aromatic rings. The first-order chi connectivity index (χ1) is 14.2. The molecule has 0 bridgehead atoms. The predicted octanol–water partition coefficient (Wildman–Crippen LogP) is 3.89. The van der Waals surface area contributed by atoms with Crippen LogP contribution in [0.5, 0.6) is 0 Å². The van der Waals surface area contributed by atoms with Crippen molar-refractivity contribution >= 4 is 33.3 Å². The number of benzene rings is 3. The van der Waals surface area contributed by atoms with E-state index in [0.717, 1.165) is 23.8 Å². The van der Waals surface area contributed by atoms with Gasteiger partial charge in [0.15, 0.2) is 0 Å². The van der Waals surface area contributed by atoms with Crippen LogP contribution in [0.25, 0.3) is 0 Å². The zero-order chi connectivity index (χ0) is 21.9. The smallest absolute Gasteiger partial charge is 0.337 e. The molecule has 1 amide bonds. The molecule has 0 fully saturated rings. The summed E-state index contributed by atoms with van der Waals surface area (Å²) in [6.07, 6.45) is 0. The summed E-state index contributed by atoms with van der Waals surface area (Å²) in [6.45, 7) is 1.88. The SMILES string of the molecule is Cc1ccc(NS(=O)(=O)c2ccc(C(=O)Nc3ccc(F)cc3C(=O)O)cc2)cc1. The molecule has 3 aromatic carbocycles. The number of carboxylic acids is 1. The Kier molecular flexibility index (Phi) is 5.84. The molecule has 7 nitrogen and oxygen atoms in total. The Morgan fingerprint density at radius 3 is 2.17 bits per heavy atom. The fourth-order valence-electron chi connectivity index (χ4n) is 2.62. The lowest BCUT2D eigenvalue weighted by Gasteiger charge is -2.10. The average Bonchev–Trinajstić information content (AvgIpc) is 2.71. The zero-order valence-corrected chi connectivity index (χ0v) is 16.5. The Hall–Kier alpha value is -3.72. The van der Waals surface area contributed by atoms with Crippen LogP contribution in [0.15, 0.2) is 71.6 Å². The average molecular weight is 428 g/mol. The summed E-state index contributed by atoms with van der Waals surface area (Å²) in [4.78, 5) is 23.6. The molecule has 0 atom stereocenters. The highest BCUT2D eigenvalue weighted by atomic mass is 32.2. The van der Waals surface area contributed by atoms with Crippen LogP contribution in [-0.2, 0) is 10.0 Å². The van der Waals surface area contributed by atoms with E-state index in [0.29, 0.717) is 5.69 Å². The largest absolute Gasteiger partial charge is 0.478 e. The number of nitrogens with one attached hydrogen (secondary N) is 2. The van der Waals surface area contributed by atoms with Crippen LogP contribution < -0.4 is 10.0 Å². The zero-order valence-electron chi connectivity index (χ0n) is 15.7. The monoisotopic (exact) mass is 428 g/mol. The molecule has 0 aromatic heterocycles. The molecule has 9 heteroatoms. The molecular formula is C21H17FN2O5S. The summed E-state index contributed by atoms with van der Waals surface area (Å²) in [5.41, 5.74) is 1.02. The normalized spacial score (nSPS) is 11.0. The van der Waals surface area contributed by atoms with Gasteiger partial charge in [0.25, 0.3) is 15.9 Å². The predicted molar refractivity (Wildman–Crippen MR) is 110 cm³/mol. The number of rotatable bonds is 6. The number of halogens is 1. The Morgan fingerprint density at radius 1 is 0.933 bits per heavy atom. The van der Waals surface area contributed by atoms with Gasteiger partial charge in [-0.05, 0) is 61.5 Å². The Bertz CT molecular complexity index is 1210. The number of carbonyl (C=O) groups excluding carboxylic acids is 1. The molecule has 0 saturated carbocycles. The first kappa shape index (κ1) is 21.0. The van der Waals surface area contributed by atoms with E-state index < -0.39 is 33.3 Å². The van der Waals surface area contributed by atoms with E-state index in [1.807, 2.05) is 6.92 Å². The Balaban J connectivity index is 1.77. The fourth-order valence-corrected chi connectivity index (χ4v) is 3.68. The quantitative estimate of drug-likeness (QED) is 0.551. The standard InChI is InChI=1S/C21H17FN2O5S/c1-13-2-7-16(8-3-13)24-30(28,29)17-9-4-14(5-10-17)20(25)23-19-11-6-15(22)12-18(19)21(26)27/h2-12,24H,1H3,(H,23,25)(H,26,27). The van der Waals surface area contributed by atoms with Gasteiger partial charge in [0.2, 0.25) is 0 Å². The van der Waals surface area contributed by atoms with Gasteiger partial charge in [0.1, 0.15) is 5.82 Å². The summed E-state index contributed by atoms with van der Waals surface area (Å²) < 4.78 is 40.7. The molecule has 0 unspecified atom stereocenters. The van der Waals surface area contributed by atoms with Gasteiger partial charge in [-0.1, -0.05) is 17.7 Å². The van der Waals surface area contributed by atoms with Gasteiger partial charge in [0, 0.05) is 11.3 Å². The van der Waals surface area contributed by atoms with E-state index in [2.05, 4.69) is 10.0 Å². The second kappa shape index (κ2) is 8.34. The molecule has 3 rings (SSSR count). The summed E-state index contributed by atoms with van der Waals surface area (Å²) >= 11 is 0. The molecule has 0 aliphatic carbocycles. The number of carbonyl (C=O) groups is 2. The maximum atomic E-state index is 13.3. The maximum absolute atomic E-state index is 13.3. The van der Waals surface area contributed by atoms with Crippen molar-refractivity contribution in [1.29, 1.82) is 0 Å². The molecule has 154 valence electrons. The molecule has 0 radical (unpaired) electrons. The van der Waals surface area contributed by atoms with E-state index in [4.69, 9.17) is 5.11 Å².